The molecule has 2 aromatic rings. The van der Waals surface area contributed by atoms with Crippen molar-refractivity contribution in [1.82, 2.24) is 15.1 Å². The minimum atomic E-state index is -0.0872. The topological polar surface area (TPSA) is 68.5 Å². The molecule has 1 aliphatic carbocycles. The molecule has 0 bridgehead atoms. The Morgan fingerprint density at radius 2 is 2.00 bits per heavy atom. The molecule has 0 saturated heterocycles. The number of rotatable bonds is 5. The van der Waals surface area contributed by atoms with E-state index in [1.54, 1.807) is 4.90 Å². The molecule has 6 heteroatoms. The standard InChI is InChI=1S/C18H23N3O3/c1-13-8-6-7-11-15(13)21(2)16(22)12-23-18-20-19-17(24-18)14-9-4-3-5-10-14/h3-5,9-10,13,15H,6-8,11-12H2,1-2H3. The lowest BCUT2D eigenvalue weighted by Crippen LogP contribution is -2.44. The highest BCUT2D eigenvalue weighted by Gasteiger charge is 2.28. The number of ether oxygens (including phenoxy) is 1. The summed E-state index contributed by atoms with van der Waals surface area (Å²) in [5.74, 6) is 0.848. The first-order valence-corrected chi connectivity index (χ1v) is 8.42. The molecule has 1 fully saturated rings. The normalized spacial score (nSPS) is 20.6. The maximum atomic E-state index is 12.3. The molecule has 24 heavy (non-hydrogen) atoms. The van der Waals surface area contributed by atoms with Crippen LogP contribution in [0.15, 0.2) is 34.7 Å². The van der Waals surface area contributed by atoms with Crippen molar-refractivity contribution < 1.29 is 13.9 Å². The fourth-order valence-corrected chi connectivity index (χ4v) is 3.25. The van der Waals surface area contributed by atoms with Crippen molar-refractivity contribution in [3.63, 3.8) is 0 Å². The van der Waals surface area contributed by atoms with Crippen LogP contribution in [0.25, 0.3) is 11.5 Å². The minimum Gasteiger partial charge on any atom is -0.439 e. The van der Waals surface area contributed by atoms with Gasteiger partial charge in [-0.05, 0) is 30.9 Å². The molecule has 3 rings (SSSR count). The van der Waals surface area contributed by atoms with Gasteiger partial charge in [0.15, 0.2) is 6.61 Å². The van der Waals surface area contributed by atoms with E-state index < -0.39 is 0 Å². The van der Waals surface area contributed by atoms with E-state index in [1.807, 2.05) is 37.4 Å². The van der Waals surface area contributed by atoms with Crippen LogP contribution in [-0.2, 0) is 4.79 Å². The van der Waals surface area contributed by atoms with Crippen LogP contribution in [0, 0.1) is 5.92 Å². The summed E-state index contributed by atoms with van der Waals surface area (Å²) in [7, 11) is 1.85. The molecule has 2 atom stereocenters. The molecule has 0 spiro atoms. The van der Waals surface area contributed by atoms with Gasteiger partial charge in [0.25, 0.3) is 11.8 Å². The molecule has 1 saturated carbocycles. The smallest absolute Gasteiger partial charge is 0.415 e. The summed E-state index contributed by atoms with van der Waals surface area (Å²) in [6, 6.07) is 9.74. The fraction of sp³-hybridized carbons (Fsp3) is 0.500. The van der Waals surface area contributed by atoms with Crippen molar-refractivity contribution in [1.29, 1.82) is 0 Å². The van der Waals surface area contributed by atoms with Gasteiger partial charge in [0, 0.05) is 18.7 Å². The van der Waals surface area contributed by atoms with Gasteiger partial charge in [0.2, 0.25) is 0 Å². The third kappa shape index (κ3) is 3.75. The highest BCUT2D eigenvalue weighted by Crippen LogP contribution is 2.27. The molecule has 1 aliphatic rings. The summed E-state index contributed by atoms with van der Waals surface area (Å²) in [5.41, 5.74) is 0.819. The molecule has 0 radical (unpaired) electrons. The molecule has 1 aromatic heterocycles. The number of aromatic nitrogens is 2. The van der Waals surface area contributed by atoms with Gasteiger partial charge in [-0.25, -0.2) is 0 Å². The van der Waals surface area contributed by atoms with Crippen molar-refractivity contribution in [2.75, 3.05) is 13.7 Å². The number of benzene rings is 1. The van der Waals surface area contributed by atoms with E-state index in [0.29, 0.717) is 11.8 Å². The van der Waals surface area contributed by atoms with Crippen molar-refractivity contribution >= 4 is 5.91 Å². The zero-order chi connectivity index (χ0) is 16.9. The van der Waals surface area contributed by atoms with Gasteiger partial charge in [0.1, 0.15) is 0 Å². The first-order valence-electron chi connectivity index (χ1n) is 8.42. The van der Waals surface area contributed by atoms with E-state index >= 15 is 0 Å². The van der Waals surface area contributed by atoms with Crippen LogP contribution < -0.4 is 4.74 Å². The Bertz CT molecular complexity index is 671. The average molecular weight is 329 g/mol. The highest BCUT2D eigenvalue weighted by molar-refractivity contribution is 5.77. The summed E-state index contributed by atoms with van der Waals surface area (Å²) in [5, 5.41) is 7.79. The fourth-order valence-electron chi connectivity index (χ4n) is 3.25. The number of nitrogens with zero attached hydrogens (tertiary/aromatic N) is 3. The predicted molar refractivity (Wildman–Crippen MR) is 89.4 cm³/mol. The average Bonchev–Trinajstić information content (AvgIpc) is 3.09. The van der Waals surface area contributed by atoms with Gasteiger partial charge >= 0.3 is 6.08 Å². The molecule has 2 unspecified atom stereocenters. The molecular weight excluding hydrogens is 306 g/mol. The number of carbonyl (C=O) groups is 1. The number of hydrogen-bond acceptors (Lipinski definition) is 5. The quantitative estimate of drug-likeness (QED) is 0.843. The number of amides is 1. The largest absolute Gasteiger partial charge is 0.439 e. The Morgan fingerprint density at radius 3 is 2.75 bits per heavy atom. The zero-order valence-electron chi connectivity index (χ0n) is 14.1. The summed E-state index contributed by atoms with van der Waals surface area (Å²) < 4.78 is 10.8. The lowest BCUT2D eigenvalue weighted by Gasteiger charge is -2.36. The molecule has 0 aliphatic heterocycles. The minimum absolute atomic E-state index is 0.0206. The summed E-state index contributed by atoms with van der Waals surface area (Å²) in [6.45, 7) is 2.12. The Labute approximate surface area is 141 Å². The first-order chi connectivity index (χ1) is 11.6. The Kier molecular flexibility index (Phi) is 5.13. The lowest BCUT2D eigenvalue weighted by atomic mass is 9.85. The second kappa shape index (κ2) is 7.47. The van der Waals surface area contributed by atoms with Gasteiger partial charge in [-0.3, -0.25) is 4.79 Å². The molecule has 6 nitrogen and oxygen atoms in total. The third-order valence-corrected chi connectivity index (χ3v) is 4.70. The van der Waals surface area contributed by atoms with E-state index in [-0.39, 0.29) is 24.6 Å². The monoisotopic (exact) mass is 329 g/mol. The first kappa shape index (κ1) is 16.5. The SMILES string of the molecule is CC1CCCCC1N(C)C(=O)COc1nnc(-c2ccccc2)o1. The highest BCUT2D eigenvalue weighted by atomic mass is 16.6. The predicted octanol–water partition coefficient (Wildman–Crippen LogP) is 3.15. The Hall–Kier alpha value is -2.37. The van der Waals surface area contributed by atoms with Gasteiger partial charge in [-0.1, -0.05) is 43.1 Å². The van der Waals surface area contributed by atoms with Gasteiger partial charge in [-0.15, -0.1) is 5.10 Å². The summed E-state index contributed by atoms with van der Waals surface area (Å²) >= 11 is 0. The molecule has 1 aromatic carbocycles. The van der Waals surface area contributed by atoms with Gasteiger partial charge < -0.3 is 14.1 Å². The third-order valence-electron chi connectivity index (χ3n) is 4.70. The van der Waals surface area contributed by atoms with Crippen LogP contribution in [0.2, 0.25) is 0 Å². The van der Waals surface area contributed by atoms with E-state index in [2.05, 4.69) is 17.1 Å². The lowest BCUT2D eigenvalue weighted by molar-refractivity contribution is -0.136. The van der Waals surface area contributed by atoms with Crippen LogP contribution in [0.3, 0.4) is 0 Å². The number of hydrogen-bond donors (Lipinski definition) is 0. The van der Waals surface area contributed by atoms with Gasteiger partial charge in [-0.2, -0.15) is 0 Å². The van der Waals surface area contributed by atoms with Crippen LogP contribution in [0.5, 0.6) is 6.08 Å². The van der Waals surface area contributed by atoms with E-state index in [4.69, 9.17) is 9.15 Å². The Balaban J connectivity index is 1.55. The zero-order valence-corrected chi connectivity index (χ0v) is 14.1. The molecule has 0 N–H and O–H groups in total. The molecule has 1 heterocycles. The van der Waals surface area contributed by atoms with E-state index in [1.165, 1.54) is 19.3 Å². The van der Waals surface area contributed by atoms with Crippen molar-refractivity contribution in [2.24, 2.45) is 5.92 Å². The maximum Gasteiger partial charge on any atom is 0.415 e. The second-order valence-corrected chi connectivity index (χ2v) is 6.36. The van der Waals surface area contributed by atoms with Crippen LogP contribution in [0.4, 0.5) is 0 Å². The molecule has 1 amide bonds. The number of carbonyl (C=O) groups excluding carboxylic acids is 1. The van der Waals surface area contributed by atoms with Crippen molar-refractivity contribution in [2.45, 2.75) is 38.6 Å². The Morgan fingerprint density at radius 1 is 1.25 bits per heavy atom. The summed E-state index contributed by atoms with van der Waals surface area (Å²) in [4.78, 5) is 14.2. The number of likely N-dealkylation sites (N-methyl/N-ethyl adjacent to an activating group) is 1. The summed E-state index contributed by atoms with van der Waals surface area (Å²) in [6.07, 6.45) is 4.68. The van der Waals surface area contributed by atoms with E-state index in [9.17, 15) is 4.79 Å². The second-order valence-electron chi connectivity index (χ2n) is 6.36. The van der Waals surface area contributed by atoms with Crippen LogP contribution in [-0.4, -0.2) is 40.7 Å². The van der Waals surface area contributed by atoms with Crippen molar-refractivity contribution in [3.05, 3.63) is 30.3 Å². The maximum absolute atomic E-state index is 12.3. The molecule has 128 valence electrons. The van der Waals surface area contributed by atoms with Crippen LogP contribution in [0.1, 0.15) is 32.6 Å². The van der Waals surface area contributed by atoms with Crippen molar-refractivity contribution in [3.8, 4) is 17.5 Å². The molecular formula is C18H23N3O3. The van der Waals surface area contributed by atoms with Crippen LogP contribution >= 0.6 is 0 Å². The van der Waals surface area contributed by atoms with Gasteiger partial charge in [0.05, 0.1) is 0 Å². The van der Waals surface area contributed by atoms with E-state index in [0.717, 1.165) is 12.0 Å².